The monoisotopic (exact) mass is 241 g/mol. The van der Waals surface area contributed by atoms with Crippen molar-refractivity contribution in [1.29, 1.82) is 0 Å². The predicted octanol–water partition coefficient (Wildman–Crippen LogP) is 2.30. The number of benzene rings is 1. The molecule has 0 aliphatic rings. The molecule has 0 radical (unpaired) electrons. The van der Waals surface area contributed by atoms with Gasteiger partial charge >= 0.3 is 6.18 Å². The zero-order valence-electron chi connectivity index (χ0n) is 8.70. The van der Waals surface area contributed by atoms with Crippen LogP contribution in [0.25, 0.3) is 10.9 Å². The maximum Gasteiger partial charge on any atom is 0.409 e. The van der Waals surface area contributed by atoms with E-state index in [4.69, 9.17) is 5.84 Å². The fraction of sp³-hybridized carbons (Fsp3) is 0.182. The van der Waals surface area contributed by atoms with Gasteiger partial charge in [0.15, 0.2) is 0 Å². The number of nitrogens with one attached hydrogen (secondary N) is 1. The summed E-state index contributed by atoms with van der Waals surface area (Å²) in [6.07, 6.45) is -2.84. The Morgan fingerprint density at radius 2 is 2.00 bits per heavy atom. The fourth-order valence-electron chi connectivity index (χ4n) is 1.65. The number of pyridine rings is 1. The maximum absolute atomic E-state index is 12.6. The minimum atomic E-state index is -4.43. The van der Waals surface area contributed by atoms with Crippen LogP contribution in [-0.2, 0) is 0 Å². The normalized spacial score (nSPS) is 13.9. The van der Waals surface area contributed by atoms with Crippen LogP contribution in [0.5, 0.6) is 0 Å². The largest absolute Gasteiger partial charge is 0.409 e. The molecule has 0 spiro atoms. The number of nitrogens with zero attached hydrogens (tertiary/aromatic N) is 1. The third kappa shape index (κ3) is 2.37. The van der Waals surface area contributed by atoms with Crippen LogP contribution >= 0.6 is 0 Å². The van der Waals surface area contributed by atoms with Crippen LogP contribution < -0.4 is 11.3 Å². The number of rotatable bonds is 2. The Bertz CT molecular complexity index is 525. The summed E-state index contributed by atoms with van der Waals surface area (Å²) in [5.41, 5.74) is 2.49. The molecule has 0 amide bonds. The average Bonchev–Trinajstić information content (AvgIpc) is 2.28. The van der Waals surface area contributed by atoms with Crippen molar-refractivity contribution in [3.8, 4) is 0 Å². The number of fused-ring (bicyclic) bond motifs is 1. The topological polar surface area (TPSA) is 50.9 Å². The first-order valence-corrected chi connectivity index (χ1v) is 4.90. The van der Waals surface area contributed by atoms with Crippen molar-refractivity contribution in [2.24, 2.45) is 5.84 Å². The summed E-state index contributed by atoms with van der Waals surface area (Å²) < 4.78 is 37.9. The van der Waals surface area contributed by atoms with Crippen molar-refractivity contribution >= 4 is 10.9 Å². The van der Waals surface area contributed by atoms with Gasteiger partial charge in [0.1, 0.15) is 6.04 Å². The molecule has 1 unspecified atom stereocenters. The third-order valence-corrected chi connectivity index (χ3v) is 2.45. The lowest BCUT2D eigenvalue weighted by Crippen LogP contribution is -2.38. The minimum absolute atomic E-state index is 0.0699. The van der Waals surface area contributed by atoms with Gasteiger partial charge in [-0.1, -0.05) is 12.1 Å². The van der Waals surface area contributed by atoms with Crippen LogP contribution in [-0.4, -0.2) is 11.2 Å². The van der Waals surface area contributed by atoms with E-state index in [0.29, 0.717) is 10.9 Å². The molecule has 17 heavy (non-hydrogen) atoms. The minimum Gasteiger partial charge on any atom is -0.271 e. The van der Waals surface area contributed by atoms with E-state index in [1.165, 1.54) is 12.1 Å². The van der Waals surface area contributed by atoms with Gasteiger partial charge in [0.2, 0.25) is 0 Å². The molecule has 1 aromatic carbocycles. The highest BCUT2D eigenvalue weighted by atomic mass is 19.4. The van der Waals surface area contributed by atoms with Gasteiger partial charge in [0.05, 0.1) is 5.52 Å². The summed E-state index contributed by atoms with van der Waals surface area (Å²) in [6, 6.07) is 5.85. The number of halogens is 3. The van der Waals surface area contributed by atoms with E-state index in [2.05, 4.69) is 4.98 Å². The van der Waals surface area contributed by atoms with Crippen molar-refractivity contribution < 1.29 is 13.2 Å². The summed E-state index contributed by atoms with van der Waals surface area (Å²) in [4.78, 5) is 4.04. The predicted molar refractivity (Wildman–Crippen MR) is 57.9 cm³/mol. The Kier molecular flexibility index (Phi) is 2.99. The standard InChI is InChI=1S/C11H10F3N3/c12-11(13,14)10(17-15)8-3-4-9-7(6-8)2-1-5-16-9/h1-6,10,17H,15H2. The number of hydrogen-bond donors (Lipinski definition) is 2. The van der Waals surface area contributed by atoms with Gasteiger partial charge in [-0.15, -0.1) is 0 Å². The summed E-state index contributed by atoms with van der Waals surface area (Å²) in [7, 11) is 0. The first kappa shape index (κ1) is 11.8. The van der Waals surface area contributed by atoms with Crippen LogP contribution in [0.4, 0.5) is 13.2 Å². The zero-order valence-corrected chi connectivity index (χ0v) is 8.70. The van der Waals surface area contributed by atoms with Gasteiger partial charge in [0, 0.05) is 11.6 Å². The molecular formula is C11H10F3N3. The van der Waals surface area contributed by atoms with Gasteiger partial charge in [-0.05, 0) is 23.8 Å². The lowest BCUT2D eigenvalue weighted by molar-refractivity contribution is -0.157. The van der Waals surface area contributed by atoms with E-state index in [0.717, 1.165) is 0 Å². The van der Waals surface area contributed by atoms with Crippen LogP contribution in [0.1, 0.15) is 11.6 Å². The molecule has 3 N–H and O–H groups in total. The van der Waals surface area contributed by atoms with Crippen LogP contribution in [0.15, 0.2) is 36.5 Å². The Morgan fingerprint density at radius 1 is 1.24 bits per heavy atom. The molecule has 0 saturated carbocycles. The smallest absolute Gasteiger partial charge is 0.271 e. The molecule has 1 heterocycles. The Labute approximate surface area is 95.4 Å². The highest BCUT2D eigenvalue weighted by Crippen LogP contribution is 2.32. The maximum atomic E-state index is 12.6. The molecule has 2 rings (SSSR count). The molecule has 2 aromatic rings. The number of aromatic nitrogens is 1. The molecule has 0 aliphatic heterocycles. The Morgan fingerprint density at radius 3 is 2.65 bits per heavy atom. The van der Waals surface area contributed by atoms with Gasteiger partial charge in [-0.2, -0.15) is 13.2 Å². The summed E-state index contributed by atoms with van der Waals surface area (Å²) in [6.45, 7) is 0. The molecule has 6 heteroatoms. The third-order valence-electron chi connectivity index (χ3n) is 2.45. The summed E-state index contributed by atoms with van der Waals surface area (Å²) in [5, 5.41) is 0.648. The molecule has 3 nitrogen and oxygen atoms in total. The van der Waals surface area contributed by atoms with Gasteiger partial charge in [0.25, 0.3) is 0 Å². The quantitative estimate of drug-likeness (QED) is 0.626. The summed E-state index contributed by atoms with van der Waals surface area (Å²) >= 11 is 0. The SMILES string of the molecule is NNC(c1ccc2ncccc2c1)C(F)(F)F. The Balaban J connectivity index is 2.48. The lowest BCUT2D eigenvalue weighted by Gasteiger charge is -2.19. The second kappa shape index (κ2) is 4.31. The highest BCUT2D eigenvalue weighted by molar-refractivity contribution is 5.79. The van der Waals surface area contributed by atoms with E-state index in [1.807, 2.05) is 0 Å². The van der Waals surface area contributed by atoms with Gasteiger partial charge < -0.3 is 0 Å². The molecule has 1 atom stereocenters. The van der Waals surface area contributed by atoms with E-state index < -0.39 is 12.2 Å². The molecule has 1 aromatic heterocycles. The van der Waals surface area contributed by atoms with Crippen molar-refractivity contribution in [3.63, 3.8) is 0 Å². The fourth-order valence-corrected chi connectivity index (χ4v) is 1.65. The van der Waals surface area contributed by atoms with E-state index in [1.54, 1.807) is 29.8 Å². The first-order valence-electron chi connectivity index (χ1n) is 4.90. The lowest BCUT2D eigenvalue weighted by atomic mass is 10.0. The van der Waals surface area contributed by atoms with Gasteiger partial charge in [-0.3, -0.25) is 10.8 Å². The number of hydrazine groups is 1. The van der Waals surface area contributed by atoms with E-state index >= 15 is 0 Å². The van der Waals surface area contributed by atoms with E-state index in [9.17, 15) is 13.2 Å². The van der Waals surface area contributed by atoms with E-state index in [-0.39, 0.29) is 5.56 Å². The zero-order chi connectivity index (χ0) is 12.5. The number of hydrogen-bond acceptors (Lipinski definition) is 3. The Hall–Kier alpha value is -1.66. The second-order valence-corrected chi connectivity index (χ2v) is 3.60. The van der Waals surface area contributed by atoms with Crippen molar-refractivity contribution in [1.82, 2.24) is 10.4 Å². The highest BCUT2D eigenvalue weighted by Gasteiger charge is 2.40. The van der Waals surface area contributed by atoms with Crippen LogP contribution in [0, 0.1) is 0 Å². The molecule has 0 fully saturated rings. The summed E-state index contributed by atoms with van der Waals surface area (Å²) in [5.74, 6) is 4.95. The number of alkyl halides is 3. The van der Waals surface area contributed by atoms with Crippen molar-refractivity contribution in [2.45, 2.75) is 12.2 Å². The molecular weight excluding hydrogens is 231 g/mol. The molecule has 90 valence electrons. The average molecular weight is 241 g/mol. The second-order valence-electron chi connectivity index (χ2n) is 3.60. The van der Waals surface area contributed by atoms with Crippen molar-refractivity contribution in [2.75, 3.05) is 0 Å². The van der Waals surface area contributed by atoms with Crippen LogP contribution in [0.3, 0.4) is 0 Å². The van der Waals surface area contributed by atoms with Crippen LogP contribution in [0.2, 0.25) is 0 Å². The number of nitrogens with two attached hydrogens (primary N) is 1. The first-order chi connectivity index (χ1) is 8.02. The van der Waals surface area contributed by atoms with Crippen molar-refractivity contribution in [3.05, 3.63) is 42.1 Å². The molecule has 0 saturated heterocycles. The molecule has 0 bridgehead atoms. The molecule has 0 aliphatic carbocycles. The van der Waals surface area contributed by atoms with Gasteiger partial charge in [-0.25, -0.2) is 5.43 Å².